The second-order valence-corrected chi connectivity index (χ2v) is 10.4. The third kappa shape index (κ3) is 7.85. The first-order valence-electron chi connectivity index (χ1n) is 9.47. The van der Waals surface area contributed by atoms with E-state index in [9.17, 15) is 13.2 Å². The van der Waals surface area contributed by atoms with Gasteiger partial charge >= 0.3 is 0 Å². The summed E-state index contributed by atoms with van der Waals surface area (Å²) >= 11 is 1.65. The van der Waals surface area contributed by atoms with Gasteiger partial charge in [-0.15, -0.1) is 11.3 Å². The van der Waals surface area contributed by atoms with Gasteiger partial charge in [0.25, 0.3) is 0 Å². The molecule has 0 aliphatic heterocycles. The van der Waals surface area contributed by atoms with E-state index in [1.165, 1.54) is 4.88 Å². The molecule has 2 rings (SSSR count). The number of aryl methyl sites for hydroxylation is 1. The molecule has 0 aliphatic rings. The number of carbonyl (C=O) groups is 1. The smallest absolute Gasteiger partial charge is 0.238 e. The zero-order valence-corrected chi connectivity index (χ0v) is 17.8. The average Bonchev–Trinajstić information content (AvgIpc) is 3.04. The highest BCUT2D eigenvalue weighted by atomic mass is 32.2. The molecule has 4 nitrogen and oxygen atoms in total. The lowest BCUT2D eigenvalue weighted by Gasteiger charge is -2.22. The number of benzene rings is 1. The van der Waals surface area contributed by atoms with Gasteiger partial charge in [-0.3, -0.25) is 4.79 Å². The molecule has 0 unspecified atom stereocenters. The summed E-state index contributed by atoms with van der Waals surface area (Å²) in [6.45, 7) is 5.05. The Morgan fingerprint density at radius 3 is 2.44 bits per heavy atom. The van der Waals surface area contributed by atoms with Crippen molar-refractivity contribution in [2.45, 2.75) is 46.1 Å². The number of unbranched alkanes of at least 4 members (excludes halogenated alkanes) is 2. The molecule has 0 saturated carbocycles. The van der Waals surface area contributed by atoms with Crippen molar-refractivity contribution in [3.63, 3.8) is 0 Å². The molecule has 0 aliphatic carbocycles. The lowest BCUT2D eigenvalue weighted by atomic mass is 10.1. The summed E-state index contributed by atoms with van der Waals surface area (Å²) in [5.74, 6) is -0.596. The Hall–Kier alpha value is -1.66. The Kier molecular flexibility index (Phi) is 8.51. The van der Waals surface area contributed by atoms with Crippen LogP contribution in [-0.4, -0.2) is 37.3 Å². The van der Waals surface area contributed by atoms with Gasteiger partial charge in [0.2, 0.25) is 5.91 Å². The van der Waals surface area contributed by atoms with Gasteiger partial charge in [0.05, 0.1) is 12.3 Å². The van der Waals surface area contributed by atoms with Crippen LogP contribution in [0.25, 0.3) is 0 Å². The fourth-order valence-electron chi connectivity index (χ4n) is 2.88. The van der Waals surface area contributed by atoms with Crippen molar-refractivity contribution in [3.05, 3.63) is 57.8 Å². The van der Waals surface area contributed by atoms with Crippen molar-refractivity contribution in [3.8, 4) is 0 Å². The minimum Gasteiger partial charge on any atom is -0.336 e. The van der Waals surface area contributed by atoms with Crippen LogP contribution in [0.2, 0.25) is 0 Å². The maximum atomic E-state index is 12.8. The molecule has 0 fully saturated rings. The van der Waals surface area contributed by atoms with Crippen LogP contribution in [0.5, 0.6) is 0 Å². The van der Waals surface area contributed by atoms with Crippen molar-refractivity contribution < 1.29 is 13.2 Å². The first-order valence-corrected chi connectivity index (χ1v) is 12.1. The van der Waals surface area contributed by atoms with Crippen LogP contribution < -0.4 is 0 Å². The first kappa shape index (κ1) is 21.6. The number of sulfone groups is 1. The molecule has 0 radical (unpaired) electrons. The van der Waals surface area contributed by atoms with E-state index in [2.05, 4.69) is 0 Å². The van der Waals surface area contributed by atoms with Crippen molar-refractivity contribution >= 4 is 27.1 Å². The molecule has 1 aromatic carbocycles. The van der Waals surface area contributed by atoms with Crippen LogP contribution in [0.3, 0.4) is 0 Å². The molecule has 0 N–H and O–H groups in total. The van der Waals surface area contributed by atoms with Gasteiger partial charge in [0.15, 0.2) is 9.84 Å². The molecule has 27 heavy (non-hydrogen) atoms. The van der Waals surface area contributed by atoms with E-state index < -0.39 is 15.6 Å². The fourth-order valence-corrected chi connectivity index (χ4v) is 5.14. The number of nitrogens with zero attached hydrogens (tertiary/aromatic N) is 1. The number of thiophene rings is 1. The van der Waals surface area contributed by atoms with Gasteiger partial charge in [-0.05, 0) is 37.5 Å². The maximum Gasteiger partial charge on any atom is 0.238 e. The summed E-state index contributed by atoms with van der Waals surface area (Å²) in [5.41, 5.74) is 1.14. The summed E-state index contributed by atoms with van der Waals surface area (Å²) in [6, 6.07) is 14.0. The zero-order chi connectivity index (χ0) is 19.7. The van der Waals surface area contributed by atoms with Crippen LogP contribution >= 0.6 is 11.3 Å². The highest BCUT2D eigenvalue weighted by molar-refractivity contribution is 7.92. The van der Waals surface area contributed by atoms with Crippen LogP contribution in [0.15, 0.2) is 42.5 Å². The van der Waals surface area contributed by atoms with Gasteiger partial charge in [-0.1, -0.05) is 50.1 Å². The van der Waals surface area contributed by atoms with Crippen molar-refractivity contribution in [2.75, 3.05) is 18.1 Å². The van der Waals surface area contributed by atoms with Gasteiger partial charge in [0, 0.05) is 16.3 Å². The second kappa shape index (κ2) is 10.6. The van der Waals surface area contributed by atoms with E-state index in [4.69, 9.17) is 0 Å². The van der Waals surface area contributed by atoms with Gasteiger partial charge in [-0.2, -0.15) is 0 Å². The molecule has 1 amide bonds. The largest absolute Gasteiger partial charge is 0.336 e. The van der Waals surface area contributed by atoms with E-state index in [-0.39, 0.29) is 11.7 Å². The Morgan fingerprint density at radius 1 is 1.07 bits per heavy atom. The number of carbonyl (C=O) groups excluding carboxylic acids is 1. The standard InChI is InChI=1S/C21H29NO3S2/c1-3-4-8-15-27(24,25)17-21(23)22(16-20-12-11-18(2)26-20)14-13-19-9-6-5-7-10-19/h5-7,9-12H,3-4,8,13-17H2,1-2H3. The lowest BCUT2D eigenvalue weighted by Crippen LogP contribution is -2.37. The minimum atomic E-state index is -3.36. The summed E-state index contributed by atoms with van der Waals surface area (Å²) in [6.07, 6.45) is 3.18. The van der Waals surface area contributed by atoms with Crippen LogP contribution in [0.1, 0.15) is 41.5 Å². The second-order valence-electron chi connectivity index (χ2n) is 6.86. The summed E-state index contributed by atoms with van der Waals surface area (Å²) in [7, 11) is -3.36. The molecular formula is C21H29NO3S2. The zero-order valence-electron chi connectivity index (χ0n) is 16.2. The molecule has 2 aromatic rings. The fraction of sp³-hybridized carbons (Fsp3) is 0.476. The normalized spacial score (nSPS) is 11.5. The highest BCUT2D eigenvalue weighted by Gasteiger charge is 2.22. The quantitative estimate of drug-likeness (QED) is 0.524. The Balaban J connectivity index is 2.04. The van der Waals surface area contributed by atoms with E-state index >= 15 is 0 Å². The predicted octanol–water partition coefficient (Wildman–Crippen LogP) is 4.23. The van der Waals surface area contributed by atoms with Crippen LogP contribution in [0, 0.1) is 6.92 Å². The highest BCUT2D eigenvalue weighted by Crippen LogP contribution is 2.18. The number of hydrogen-bond acceptors (Lipinski definition) is 4. The summed E-state index contributed by atoms with van der Waals surface area (Å²) < 4.78 is 24.6. The van der Waals surface area contributed by atoms with Crippen molar-refractivity contribution in [1.82, 2.24) is 4.90 Å². The van der Waals surface area contributed by atoms with E-state index in [0.29, 0.717) is 25.9 Å². The van der Waals surface area contributed by atoms with E-state index in [0.717, 1.165) is 23.3 Å². The molecule has 0 spiro atoms. The first-order chi connectivity index (χ1) is 12.9. The van der Waals surface area contributed by atoms with Crippen molar-refractivity contribution in [2.24, 2.45) is 0 Å². The average molecular weight is 408 g/mol. The lowest BCUT2D eigenvalue weighted by molar-refractivity contribution is -0.129. The van der Waals surface area contributed by atoms with E-state index in [1.807, 2.05) is 56.3 Å². The Morgan fingerprint density at radius 2 is 1.81 bits per heavy atom. The van der Waals surface area contributed by atoms with Crippen LogP contribution in [0.4, 0.5) is 0 Å². The van der Waals surface area contributed by atoms with E-state index in [1.54, 1.807) is 16.2 Å². The molecule has 6 heteroatoms. The monoisotopic (exact) mass is 407 g/mol. The minimum absolute atomic E-state index is 0.0945. The summed E-state index contributed by atoms with van der Waals surface area (Å²) in [5, 5.41) is 0. The van der Waals surface area contributed by atoms with Crippen molar-refractivity contribution in [1.29, 1.82) is 0 Å². The number of rotatable bonds is 11. The molecule has 1 aromatic heterocycles. The molecule has 1 heterocycles. The molecule has 0 saturated heterocycles. The van der Waals surface area contributed by atoms with Gasteiger partial charge < -0.3 is 4.90 Å². The number of hydrogen-bond donors (Lipinski definition) is 0. The number of amides is 1. The SMILES string of the molecule is CCCCCS(=O)(=O)CC(=O)N(CCc1ccccc1)Cc1ccc(C)s1. The molecular weight excluding hydrogens is 378 g/mol. The Bertz CT molecular complexity index is 813. The summed E-state index contributed by atoms with van der Waals surface area (Å²) in [4.78, 5) is 16.7. The van der Waals surface area contributed by atoms with Crippen LogP contribution in [-0.2, 0) is 27.6 Å². The molecule has 0 bridgehead atoms. The molecule has 0 atom stereocenters. The maximum absolute atomic E-state index is 12.8. The predicted molar refractivity (Wildman–Crippen MR) is 113 cm³/mol. The Labute approximate surface area is 167 Å². The van der Waals surface area contributed by atoms with Gasteiger partial charge in [0.1, 0.15) is 5.75 Å². The molecule has 148 valence electrons. The topological polar surface area (TPSA) is 54.5 Å². The third-order valence-corrected chi connectivity index (χ3v) is 6.99. The van der Waals surface area contributed by atoms with Gasteiger partial charge in [-0.25, -0.2) is 8.42 Å². The third-order valence-electron chi connectivity index (χ3n) is 4.41.